The third kappa shape index (κ3) is 6.95. The van der Waals surface area contributed by atoms with E-state index in [0.29, 0.717) is 37.2 Å². The molecule has 8 heteroatoms. The molecular weight excluding hydrogens is 452 g/mol. The van der Waals surface area contributed by atoms with Gasteiger partial charge in [-0.2, -0.15) is 0 Å². The third-order valence-corrected chi connectivity index (χ3v) is 6.41. The summed E-state index contributed by atoms with van der Waals surface area (Å²) in [5.41, 5.74) is 0.946. The van der Waals surface area contributed by atoms with Crippen molar-refractivity contribution in [3.63, 3.8) is 0 Å². The molecule has 1 aliphatic heterocycles. The maximum atomic E-state index is 13.7. The van der Waals surface area contributed by atoms with Crippen molar-refractivity contribution >= 4 is 29.8 Å². The van der Waals surface area contributed by atoms with Crippen LogP contribution in [0.5, 0.6) is 0 Å². The Kier molecular flexibility index (Phi) is 8.74. The Morgan fingerprint density at radius 1 is 0.879 bits per heavy atom. The standard InChI is InChI=1S/C25H26F4N2OS/c1-3-30(4-2)10-9-25(32)31-15-19(11-17-5-7-21(26)23(28)13-17)33-20(16-31)12-18-6-8-22(27)24(29)14-18/h5-8,11-14H,3-4,9-10,15-16H2,1-2H3/b19-11+,20-12+. The van der Waals surface area contributed by atoms with Crippen LogP contribution in [-0.4, -0.2) is 48.4 Å². The lowest BCUT2D eigenvalue weighted by Gasteiger charge is -2.31. The molecule has 1 fully saturated rings. The van der Waals surface area contributed by atoms with Gasteiger partial charge in [-0.05, 0) is 60.6 Å². The Balaban J connectivity index is 1.87. The quantitative estimate of drug-likeness (QED) is 0.461. The van der Waals surface area contributed by atoms with E-state index in [2.05, 4.69) is 4.90 Å². The minimum Gasteiger partial charge on any atom is -0.333 e. The van der Waals surface area contributed by atoms with E-state index < -0.39 is 23.3 Å². The largest absolute Gasteiger partial charge is 0.333 e. The molecule has 0 atom stereocenters. The number of benzene rings is 2. The molecule has 33 heavy (non-hydrogen) atoms. The van der Waals surface area contributed by atoms with Gasteiger partial charge >= 0.3 is 0 Å². The summed E-state index contributed by atoms with van der Waals surface area (Å²) in [6, 6.07) is 7.24. The second-order valence-electron chi connectivity index (χ2n) is 7.70. The molecule has 1 aliphatic rings. The zero-order valence-corrected chi connectivity index (χ0v) is 19.4. The molecule has 0 spiro atoms. The van der Waals surface area contributed by atoms with Gasteiger partial charge in [0, 0.05) is 22.8 Å². The van der Waals surface area contributed by atoms with Gasteiger partial charge < -0.3 is 9.80 Å². The van der Waals surface area contributed by atoms with Crippen LogP contribution in [0.25, 0.3) is 12.2 Å². The highest BCUT2D eigenvalue weighted by Crippen LogP contribution is 2.35. The monoisotopic (exact) mass is 478 g/mol. The number of carbonyl (C=O) groups is 1. The number of halogens is 4. The molecule has 2 aromatic carbocycles. The van der Waals surface area contributed by atoms with Gasteiger partial charge in [0.05, 0.1) is 13.1 Å². The van der Waals surface area contributed by atoms with Gasteiger partial charge in [0.25, 0.3) is 0 Å². The molecule has 176 valence electrons. The molecule has 0 aromatic heterocycles. The highest BCUT2D eigenvalue weighted by molar-refractivity contribution is 8.07. The van der Waals surface area contributed by atoms with Crippen LogP contribution in [0.1, 0.15) is 31.4 Å². The van der Waals surface area contributed by atoms with Crippen LogP contribution in [0, 0.1) is 23.3 Å². The molecule has 0 saturated carbocycles. The summed E-state index contributed by atoms with van der Waals surface area (Å²) in [7, 11) is 0. The summed E-state index contributed by atoms with van der Waals surface area (Å²) in [5.74, 6) is -3.79. The second kappa shape index (κ2) is 11.5. The number of carbonyl (C=O) groups excluding carboxylic acids is 1. The van der Waals surface area contributed by atoms with Crippen molar-refractivity contribution < 1.29 is 22.4 Å². The predicted molar refractivity (Wildman–Crippen MR) is 125 cm³/mol. The minimum absolute atomic E-state index is 0.0328. The van der Waals surface area contributed by atoms with Gasteiger partial charge in [-0.1, -0.05) is 37.7 Å². The molecule has 1 heterocycles. The molecule has 2 aromatic rings. The van der Waals surface area contributed by atoms with E-state index in [1.807, 2.05) is 13.8 Å². The normalized spacial score (nSPS) is 16.8. The lowest BCUT2D eigenvalue weighted by atomic mass is 10.2. The Morgan fingerprint density at radius 2 is 1.36 bits per heavy atom. The number of hydrogen-bond acceptors (Lipinski definition) is 3. The molecule has 3 nitrogen and oxygen atoms in total. The molecule has 0 unspecified atom stereocenters. The van der Waals surface area contributed by atoms with E-state index >= 15 is 0 Å². The predicted octanol–water partition coefficient (Wildman–Crippen LogP) is 5.93. The third-order valence-electron chi connectivity index (χ3n) is 5.39. The first-order chi connectivity index (χ1) is 15.8. The highest BCUT2D eigenvalue weighted by atomic mass is 32.2. The van der Waals surface area contributed by atoms with Crippen molar-refractivity contribution in [1.82, 2.24) is 9.80 Å². The van der Waals surface area contributed by atoms with Crippen LogP contribution in [0.4, 0.5) is 17.6 Å². The summed E-state index contributed by atoms with van der Waals surface area (Å²) in [5, 5.41) is 0. The first kappa shape index (κ1) is 25.1. The average Bonchev–Trinajstić information content (AvgIpc) is 2.79. The SMILES string of the molecule is CCN(CC)CCC(=O)N1C/C(=C\c2ccc(F)c(F)c2)S/C(=C/c2ccc(F)c(F)c2)C1. The topological polar surface area (TPSA) is 23.6 Å². The van der Waals surface area contributed by atoms with E-state index in [0.717, 1.165) is 47.2 Å². The van der Waals surface area contributed by atoms with E-state index in [4.69, 9.17) is 0 Å². The Morgan fingerprint density at radius 3 is 1.79 bits per heavy atom. The summed E-state index contributed by atoms with van der Waals surface area (Å²) < 4.78 is 53.9. The molecular formula is C25H26F4N2OS. The fraction of sp³-hybridized carbons (Fsp3) is 0.320. The molecule has 0 N–H and O–H groups in total. The molecule has 0 aliphatic carbocycles. The van der Waals surface area contributed by atoms with E-state index in [1.54, 1.807) is 17.1 Å². The second-order valence-corrected chi connectivity index (χ2v) is 8.95. The smallest absolute Gasteiger partial charge is 0.224 e. The van der Waals surface area contributed by atoms with Gasteiger partial charge in [-0.25, -0.2) is 17.6 Å². The molecule has 0 bridgehead atoms. The molecule has 3 rings (SSSR count). The van der Waals surface area contributed by atoms with E-state index in [-0.39, 0.29) is 5.91 Å². The fourth-order valence-electron chi connectivity index (χ4n) is 3.52. The van der Waals surface area contributed by atoms with Gasteiger partial charge in [0.2, 0.25) is 5.91 Å². The van der Waals surface area contributed by atoms with Gasteiger partial charge in [0.15, 0.2) is 23.3 Å². The molecule has 1 amide bonds. The number of nitrogens with zero attached hydrogens (tertiary/aromatic N) is 2. The van der Waals surface area contributed by atoms with E-state index in [9.17, 15) is 22.4 Å². The number of hydrogen-bond donors (Lipinski definition) is 0. The highest BCUT2D eigenvalue weighted by Gasteiger charge is 2.24. The van der Waals surface area contributed by atoms with Crippen molar-refractivity contribution in [3.8, 4) is 0 Å². The number of rotatable bonds is 7. The van der Waals surface area contributed by atoms with Crippen LogP contribution < -0.4 is 0 Å². The first-order valence-electron chi connectivity index (χ1n) is 10.8. The van der Waals surface area contributed by atoms with Crippen molar-refractivity contribution in [1.29, 1.82) is 0 Å². The van der Waals surface area contributed by atoms with E-state index in [1.165, 1.54) is 23.9 Å². The van der Waals surface area contributed by atoms with Crippen molar-refractivity contribution in [2.24, 2.45) is 0 Å². The van der Waals surface area contributed by atoms with Gasteiger partial charge in [0.1, 0.15) is 0 Å². The van der Waals surface area contributed by atoms with Crippen molar-refractivity contribution in [2.75, 3.05) is 32.7 Å². The Labute approximate surface area is 195 Å². The maximum absolute atomic E-state index is 13.7. The lowest BCUT2D eigenvalue weighted by Crippen LogP contribution is -2.38. The number of amides is 1. The lowest BCUT2D eigenvalue weighted by molar-refractivity contribution is -0.130. The zero-order chi connectivity index (χ0) is 24.0. The van der Waals surface area contributed by atoms with Gasteiger partial charge in [-0.3, -0.25) is 4.79 Å². The zero-order valence-electron chi connectivity index (χ0n) is 18.6. The van der Waals surface area contributed by atoms with Crippen LogP contribution in [0.2, 0.25) is 0 Å². The summed E-state index contributed by atoms with van der Waals surface area (Å²) in [4.78, 5) is 18.3. The number of thioether (sulfide) groups is 1. The summed E-state index contributed by atoms with van der Waals surface area (Å²) in [6.45, 7) is 7.07. The Bertz CT molecular complexity index is 997. The van der Waals surface area contributed by atoms with Gasteiger partial charge in [-0.15, -0.1) is 0 Å². The van der Waals surface area contributed by atoms with Crippen LogP contribution in [0.3, 0.4) is 0 Å². The first-order valence-corrected chi connectivity index (χ1v) is 11.6. The fourth-order valence-corrected chi connectivity index (χ4v) is 4.69. The summed E-state index contributed by atoms with van der Waals surface area (Å²) >= 11 is 1.38. The van der Waals surface area contributed by atoms with Crippen molar-refractivity contribution in [2.45, 2.75) is 20.3 Å². The molecule has 1 saturated heterocycles. The average molecular weight is 479 g/mol. The minimum atomic E-state index is -0.949. The van der Waals surface area contributed by atoms with Crippen LogP contribution in [0.15, 0.2) is 46.2 Å². The summed E-state index contributed by atoms with van der Waals surface area (Å²) in [6.07, 6.45) is 3.76. The van der Waals surface area contributed by atoms with Crippen LogP contribution >= 0.6 is 11.8 Å². The van der Waals surface area contributed by atoms with Crippen LogP contribution in [-0.2, 0) is 4.79 Å². The Hall–Kier alpha value is -2.58. The van der Waals surface area contributed by atoms with Crippen molar-refractivity contribution in [3.05, 3.63) is 80.6 Å². The maximum Gasteiger partial charge on any atom is 0.224 e. The molecule has 0 radical (unpaired) electrons.